The van der Waals surface area contributed by atoms with Crippen LogP contribution >= 0.6 is 31.3 Å². The molecule has 0 aromatic carbocycles. The van der Waals surface area contributed by atoms with Crippen molar-refractivity contribution in [3.63, 3.8) is 0 Å². The number of aromatic amines is 2. The minimum absolute atomic E-state index is 0.00561. The van der Waals surface area contributed by atoms with Gasteiger partial charge in [-0.2, -0.15) is 4.98 Å². The van der Waals surface area contributed by atoms with Gasteiger partial charge in [-0.25, -0.2) is 37.7 Å². The van der Waals surface area contributed by atoms with Gasteiger partial charge in [0.05, 0.1) is 46.1 Å². The molecular formula is C30H39N15O21P4-2. The molecule has 0 bridgehead atoms. The zero-order valence-electron chi connectivity index (χ0n) is 35.6. The number of nitrogen functional groups attached to an aromatic ring is 3. The molecule has 2 saturated heterocycles. The Morgan fingerprint density at radius 3 is 2.17 bits per heavy atom. The average Bonchev–Trinajstić information content (AvgIpc) is 4.07. The summed E-state index contributed by atoms with van der Waals surface area (Å²) in [7, 11) is -21.2. The lowest BCUT2D eigenvalue weighted by molar-refractivity contribution is -0.674. The number of aliphatic hydroxyl groups excluding tert-OH is 2. The fourth-order valence-corrected chi connectivity index (χ4v) is 11.8. The van der Waals surface area contributed by atoms with Gasteiger partial charge in [0, 0.05) is 13.5 Å². The maximum Gasteiger partial charge on any atom is 0.478 e. The molecule has 382 valence electrons. The Hall–Kier alpha value is -5.03. The lowest BCUT2D eigenvalue weighted by atomic mass is 10.1. The summed E-state index contributed by atoms with van der Waals surface area (Å²) < 4.78 is 102. The Morgan fingerprint density at radius 1 is 0.786 bits per heavy atom. The van der Waals surface area contributed by atoms with Gasteiger partial charge in [0.2, 0.25) is 11.5 Å². The molecule has 70 heavy (non-hydrogen) atoms. The van der Waals surface area contributed by atoms with Gasteiger partial charge in [0.15, 0.2) is 41.4 Å². The lowest BCUT2D eigenvalue weighted by Gasteiger charge is -2.32. The number of aromatic nitrogens is 12. The van der Waals surface area contributed by atoms with E-state index in [0.29, 0.717) is 0 Å². The standard InChI is InChI=1S/C30H41N15O21P4/c1-42-11-43(24-16(42)26(49)41-30(33)39-24)4-3-5-59-68(52,53)65-70(56,57)66-69(54,55)61-7-13-19(20(58-2)28(63-13)44-9-36-14-21(31)34-8-35-22(14)44)64-67(50,51)60-6-12-17(46)18(47)27(62-12)45-10-37-15-23(45)38-29(32)40-25(15)48/h8-13,17-20,27-28,46-47H,3-7H2,1-2H3,(H11-,31,32,33,34,35,38,39,40,41,48,49,50,51,52,53,54,55,56,57)/p-2. The van der Waals surface area contributed by atoms with Gasteiger partial charge in [-0.1, -0.05) is 4.98 Å². The van der Waals surface area contributed by atoms with E-state index in [1.807, 2.05) is 0 Å². The van der Waals surface area contributed by atoms with Crippen LogP contribution in [0.2, 0.25) is 0 Å². The van der Waals surface area contributed by atoms with E-state index in [0.717, 1.165) is 30.7 Å². The van der Waals surface area contributed by atoms with Gasteiger partial charge >= 0.3 is 13.5 Å². The smallest absolute Gasteiger partial charge is 0.478 e. The Bertz CT molecular complexity index is 3260. The number of phosphoric ester groups is 3. The van der Waals surface area contributed by atoms with E-state index in [2.05, 4.69) is 53.0 Å². The van der Waals surface area contributed by atoms with Crippen LogP contribution in [0.3, 0.4) is 0 Å². The molecule has 8 rings (SSSR count). The minimum Gasteiger partial charge on any atom is -0.756 e. The number of nitrogens with one attached hydrogen (secondary N) is 2. The normalized spacial score (nSPS) is 26.4. The number of nitrogens with two attached hydrogens (primary N) is 3. The third-order valence-electron chi connectivity index (χ3n) is 10.4. The van der Waals surface area contributed by atoms with E-state index in [1.54, 1.807) is 0 Å². The van der Waals surface area contributed by atoms with Crippen molar-refractivity contribution in [2.75, 3.05) is 44.1 Å². The number of rotatable bonds is 20. The Kier molecular flexibility index (Phi) is 14.3. The van der Waals surface area contributed by atoms with Crippen LogP contribution in [0.15, 0.2) is 34.9 Å². The van der Waals surface area contributed by atoms with E-state index < -0.39 is 111 Å². The number of aliphatic hydroxyl groups is 2. The molecule has 40 heteroatoms. The Labute approximate surface area is 388 Å². The molecule has 6 aromatic heterocycles. The van der Waals surface area contributed by atoms with Gasteiger partial charge in [-0.05, 0) is 0 Å². The number of anilines is 3. The van der Waals surface area contributed by atoms with Crippen LogP contribution in [0.5, 0.6) is 0 Å². The molecule has 8 heterocycles. The Balaban J connectivity index is 0.928. The fourth-order valence-electron chi connectivity index (χ4n) is 7.44. The summed E-state index contributed by atoms with van der Waals surface area (Å²) in [6, 6.07) is 0. The van der Waals surface area contributed by atoms with Crippen LogP contribution in [0.4, 0.5) is 17.7 Å². The van der Waals surface area contributed by atoms with Crippen molar-refractivity contribution in [1.29, 1.82) is 0 Å². The van der Waals surface area contributed by atoms with Gasteiger partial charge < -0.3 is 74.8 Å². The number of fused-ring (bicyclic) bond motifs is 3. The maximum atomic E-state index is 13.5. The highest BCUT2D eigenvalue weighted by Gasteiger charge is 2.51. The molecular weight excluding hydrogens is 1030 g/mol. The average molecular weight is 1070 g/mol. The van der Waals surface area contributed by atoms with Crippen molar-refractivity contribution in [1.82, 2.24) is 53.6 Å². The number of phosphoric acid groups is 4. The topological polar surface area (TPSA) is 521 Å². The Morgan fingerprint density at radius 2 is 1.44 bits per heavy atom. The first-order valence-corrected chi connectivity index (χ1v) is 25.6. The second-order valence-electron chi connectivity index (χ2n) is 15.0. The van der Waals surface area contributed by atoms with Gasteiger partial charge in [0.25, 0.3) is 40.5 Å². The summed E-state index contributed by atoms with van der Waals surface area (Å²) in [5.41, 5.74) is 15.8. The van der Waals surface area contributed by atoms with Gasteiger partial charge in [-0.15, -0.1) is 0 Å². The van der Waals surface area contributed by atoms with Crippen molar-refractivity contribution in [3.05, 3.63) is 46.0 Å². The molecule has 2 aliphatic heterocycles. The zero-order valence-corrected chi connectivity index (χ0v) is 39.2. The van der Waals surface area contributed by atoms with Crippen LogP contribution in [-0.2, 0) is 72.8 Å². The van der Waals surface area contributed by atoms with Crippen molar-refractivity contribution in [3.8, 4) is 0 Å². The quantitative estimate of drug-likeness (QED) is 0.0202. The predicted molar refractivity (Wildman–Crippen MR) is 221 cm³/mol. The summed E-state index contributed by atoms with van der Waals surface area (Å²) in [6.45, 7) is -3.05. The lowest BCUT2D eigenvalue weighted by Crippen LogP contribution is -2.39. The fraction of sp³-hybridized carbons (Fsp3) is 0.500. The summed E-state index contributed by atoms with van der Waals surface area (Å²) in [5.74, 6) is -0.597. The van der Waals surface area contributed by atoms with Crippen molar-refractivity contribution >= 4 is 82.5 Å². The maximum absolute atomic E-state index is 13.5. The molecule has 0 spiro atoms. The zero-order chi connectivity index (χ0) is 50.7. The first kappa shape index (κ1) is 51.3. The number of aryl methyl sites for hydroxylation is 2. The summed E-state index contributed by atoms with van der Waals surface area (Å²) in [6.07, 6.45) is -9.01. The number of H-pyrrole nitrogens is 2. The summed E-state index contributed by atoms with van der Waals surface area (Å²) >= 11 is 0. The van der Waals surface area contributed by atoms with Gasteiger partial charge in [0.1, 0.15) is 48.5 Å². The van der Waals surface area contributed by atoms with E-state index in [9.17, 15) is 57.6 Å². The number of imidazole rings is 3. The molecule has 12 atom stereocenters. The van der Waals surface area contributed by atoms with Crippen molar-refractivity contribution in [2.24, 2.45) is 7.05 Å². The molecule has 2 fully saturated rings. The first-order chi connectivity index (χ1) is 32.9. The van der Waals surface area contributed by atoms with Crippen molar-refractivity contribution in [2.45, 2.75) is 62.0 Å². The third kappa shape index (κ3) is 10.8. The second kappa shape index (κ2) is 19.5. The van der Waals surface area contributed by atoms with E-state index in [-0.39, 0.29) is 64.2 Å². The summed E-state index contributed by atoms with van der Waals surface area (Å²) in [4.78, 5) is 102. The van der Waals surface area contributed by atoms with Crippen molar-refractivity contribution < 1.29 is 93.5 Å². The molecule has 0 amide bonds. The molecule has 0 aliphatic carbocycles. The van der Waals surface area contributed by atoms with E-state index in [1.165, 1.54) is 27.1 Å². The molecule has 6 aromatic rings. The first-order valence-electron chi connectivity index (χ1n) is 19.8. The predicted octanol–water partition coefficient (Wildman–Crippen LogP) is -4.84. The largest absolute Gasteiger partial charge is 0.756 e. The van der Waals surface area contributed by atoms with Gasteiger partial charge in [-0.3, -0.25) is 51.5 Å². The number of ether oxygens (including phenoxy) is 3. The third-order valence-corrected chi connectivity index (χ3v) is 15.5. The number of methoxy groups -OCH3 is 1. The minimum atomic E-state index is -6.35. The van der Waals surface area contributed by atoms with Crippen LogP contribution in [0.1, 0.15) is 18.9 Å². The number of nitrogens with zero attached hydrogens (tertiary/aromatic N) is 10. The van der Waals surface area contributed by atoms with Crippen LogP contribution in [0.25, 0.3) is 33.5 Å². The summed E-state index contributed by atoms with van der Waals surface area (Å²) in [5, 5.41) is 21.6. The molecule has 0 saturated carbocycles. The van der Waals surface area contributed by atoms with E-state index in [4.69, 9.17) is 45.0 Å². The van der Waals surface area contributed by atoms with Crippen LogP contribution in [0, 0.1) is 0 Å². The SMILES string of the molecule is COC1C(OP(=O)([O-])OCC2OC(n3cnc4c(=O)[nH]c(N)nc43)C(O)C2O)C(COP(=O)(O)OP(=O)([O-])OP(=O)([O-])OCCC[n+]2cn(C)c3c(=O)[nH]c(N)nc32)OC1n1cnc2c(N)ncnc21. The van der Waals surface area contributed by atoms with Crippen LogP contribution < -0.4 is 47.6 Å². The molecule has 11 N–H and O–H groups in total. The monoisotopic (exact) mass is 1070 g/mol. The highest BCUT2D eigenvalue weighted by molar-refractivity contribution is 7.65. The molecule has 2 aliphatic rings. The highest BCUT2D eigenvalue weighted by atomic mass is 31.3. The van der Waals surface area contributed by atoms with Crippen LogP contribution in [-0.4, -0.2) is 132 Å². The molecule has 0 radical (unpaired) electrons. The highest BCUT2D eigenvalue weighted by Crippen LogP contribution is 2.64. The molecule has 36 nitrogen and oxygen atoms in total. The van der Waals surface area contributed by atoms with E-state index >= 15 is 0 Å². The number of hydrogen-bond donors (Lipinski definition) is 8. The molecule has 12 unspecified atom stereocenters. The number of hydrogen-bond acceptors (Lipinski definition) is 29. The second-order valence-corrected chi connectivity index (χ2v) is 20.9.